The van der Waals surface area contributed by atoms with Gasteiger partial charge in [-0.3, -0.25) is 4.79 Å². The van der Waals surface area contributed by atoms with Crippen LogP contribution in [0.3, 0.4) is 0 Å². The average Bonchev–Trinajstić information content (AvgIpc) is 3.30. The minimum atomic E-state index is 0.206. The molecule has 1 heterocycles. The molecule has 0 spiro atoms. The van der Waals surface area contributed by atoms with E-state index in [9.17, 15) is 4.79 Å². The molecule has 3 aliphatic rings. The maximum atomic E-state index is 12.6. The summed E-state index contributed by atoms with van der Waals surface area (Å²) in [6.07, 6.45) is 3.48. The molecule has 1 unspecified atom stereocenters. The van der Waals surface area contributed by atoms with E-state index in [4.69, 9.17) is 0 Å². The van der Waals surface area contributed by atoms with Gasteiger partial charge in [-0.1, -0.05) is 93.5 Å². The predicted octanol–water partition coefficient (Wildman–Crippen LogP) is 7.21. The van der Waals surface area contributed by atoms with Crippen molar-refractivity contribution in [1.29, 1.82) is 0 Å². The molecule has 2 saturated carbocycles. The molecule has 1 aliphatic heterocycles. The van der Waals surface area contributed by atoms with Crippen molar-refractivity contribution in [1.82, 2.24) is 4.90 Å². The van der Waals surface area contributed by atoms with E-state index < -0.39 is 0 Å². The third kappa shape index (κ3) is 5.44. The van der Waals surface area contributed by atoms with Crippen LogP contribution in [0.2, 0.25) is 0 Å². The number of carbonyl (C=O) groups is 1. The lowest BCUT2D eigenvalue weighted by atomic mass is 9.75. The normalized spacial score (nSPS) is 28.9. The standard InChI is InChI=1S/C21H29NO.3C2H6/c1-14-9-15(10-14)19(23)22-12-18-11-21(18,13-22)17-7-5-16(6-8-17)20(2,3)4;3*1-2/h5-8,14-15,18H,9-13H2,1-4H3;3*1-2H3/t14?,15?,18-,21?;;;/m0.../s1. The number of benzene rings is 1. The number of hydrogen-bond acceptors (Lipinski definition) is 1. The van der Waals surface area contributed by atoms with Gasteiger partial charge in [-0.2, -0.15) is 0 Å². The largest absolute Gasteiger partial charge is 0.341 e. The summed E-state index contributed by atoms with van der Waals surface area (Å²) in [5.74, 6) is 2.20. The molecule has 1 saturated heterocycles. The predicted molar refractivity (Wildman–Crippen MR) is 127 cm³/mol. The Balaban J connectivity index is 0.000000644. The fraction of sp³-hybridized carbons (Fsp3) is 0.741. The van der Waals surface area contributed by atoms with E-state index in [2.05, 4.69) is 56.9 Å². The SMILES string of the molecule is CC.CC.CC.CC1CC(C(=O)N2C[C@@H]3CC3(c3ccc(C(C)(C)C)cc3)C2)C1. The Kier molecular flexibility index (Phi) is 9.44. The van der Waals surface area contributed by atoms with Crippen LogP contribution < -0.4 is 0 Å². The van der Waals surface area contributed by atoms with E-state index in [0.717, 1.165) is 31.8 Å². The van der Waals surface area contributed by atoms with Crippen LogP contribution in [0, 0.1) is 17.8 Å². The van der Waals surface area contributed by atoms with Gasteiger partial charge in [0.1, 0.15) is 0 Å². The molecule has 1 amide bonds. The van der Waals surface area contributed by atoms with Crippen LogP contribution in [0.5, 0.6) is 0 Å². The topological polar surface area (TPSA) is 20.3 Å². The van der Waals surface area contributed by atoms with Crippen LogP contribution in [-0.4, -0.2) is 23.9 Å². The van der Waals surface area contributed by atoms with E-state index >= 15 is 0 Å². The van der Waals surface area contributed by atoms with Crippen LogP contribution in [0.1, 0.15) is 99.6 Å². The fourth-order valence-corrected chi connectivity index (χ4v) is 4.76. The van der Waals surface area contributed by atoms with Crippen molar-refractivity contribution in [2.75, 3.05) is 13.1 Å². The molecule has 1 aromatic carbocycles. The van der Waals surface area contributed by atoms with Crippen LogP contribution in [-0.2, 0) is 15.6 Å². The first kappa shape index (κ1) is 25.7. The Morgan fingerprint density at radius 1 is 0.966 bits per heavy atom. The number of hydrogen-bond donors (Lipinski definition) is 0. The monoisotopic (exact) mass is 401 g/mol. The number of likely N-dealkylation sites (tertiary alicyclic amines) is 1. The highest BCUT2D eigenvalue weighted by atomic mass is 16.2. The summed E-state index contributed by atoms with van der Waals surface area (Å²) in [4.78, 5) is 14.8. The summed E-state index contributed by atoms with van der Waals surface area (Å²) in [5.41, 5.74) is 3.33. The van der Waals surface area contributed by atoms with Gasteiger partial charge in [0.2, 0.25) is 5.91 Å². The maximum Gasteiger partial charge on any atom is 0.225 e. The molecular formula is C27H47NO. The number of carbonyl (C=O) groups excluding carboxylic acids is 1. The van der Waals surface area contributed by atoms with Crippen molar-refractivity contribution < 1.29 is 4.79 Å². The van der Waals surface area contributed by atoms with E-state index in [1.807, 2.05) is 41.5 Å². The summed E-state index contributed by atoms with van der Waals surface area (Å²) < 4.78 is 0. The first-order valence-corrected chi connectivity index (χ1v) is 12.2. The lowest BCUT2D eigenvalue weighted by Crippen LogP contribution is -2.41. The molecule has 0 radical (unpaired) electrons. The average molecular weight is 402 g/mol. The van der Waals surface area contributed by atoms with Crippen LogP contribution in [0.15, 0.2) is 24.3 Å². The number of fused-ring (bicyclic) bond motifs is 1. The molecular weight excluding hydrogens is 354 g/mol. The highest BCUT2D eigenvalue weighted by Crippen LogP contribution is 2.59. The van der Waals surface area contributed by atoms with Gasteiger partial charge in [-0.15, -0.1) is 0 Å². The second-order valence-corrected chi connectivity index (χ2v) is 9.38. The molecule has 2 nitrogen and oxygen atoms in total. The van der Waals surface area contributed by atoms with Gasteiger partial charge in [-0.05, 0) is 47.6 Å². The van der Waals surface area contributed by atoms with E-state index in [-0.39, 0.29) is 10.8 Å². The summed E-state index contributed by atoms with van der Waals surface area (Å²) in [5, 5.41) is 0. The Labute approximate surface area is 181 Å². The molecule has 166 valence electrons. The van der Waals surface area contributed by atoms with Crippen molar-refractivity contribution in [2.24, 2.45) is 17.8 Å². The van der Waals surface area contributed by atoms with Gasteiger partial charge in [0.25, 0.3) is 0 Å². The number of amides is 1. The van der Waals surface area contributed by atoms with Gasteiger partial charge >= 0.3 is 0 Å². The minimum absolute atomic E-state index is 0.206. The molecule has 0 aromatic heterocycles. The molecule has 0 N–H and O–H groups in total. The molecule has 2 heteroatoms. The molecule has 3 fully saturated rings. The molecule has 4 rings (SSSR count). The molecule has 2 aliphatic carbocycles. The van der Waals surface area contributed by atoms with Gasteiger partial charge in [-0.25, -0.2) is 0 Å². The summed E-state index contributed by atoms with van der Waals surface area (Å²) in [6, 6.07) is 9.22. The van der Waals surface area contributed by atoms with Gasteiger partial charge < -0.3 is 4.90 Å². The van der Waals surface area contributed by atoms with Gasteiger partial charge in [0.05, 0.1) is 0 Å². The first-order valence-electron chi connectivity index (χ1n) is 12.2. The summed E-state index contributed by atoms with van der Waals surface area (Å²) >= 11 is 0. The van der Waals surface area contributed by atoms with Crippen molar-refractivity contribution in [3.8, 4) is 0 Å². The second-order valence-electron chi connectivity index (χ2n) is 9.38. The first-order chi connectivity index (χ1) is 13.8. The number of rotatable bonds is 2. The Hall–Kier alpha value is -1.31. The maximum absolute atomic E-state index is 12.6. The highest BCUT2D eigenvalue weighted by molar-refractivity contribution is 5.80. The van der Waals surface area contributed by atoms with E-state index in [0.29, 0.717) is 17.7 Å². The summed E-state index contributed by atoms with van der Waals surface area (Å²) in [7, 11) is 0. The number of piperidine rings is 1. The summed E-state index contributed by atoms with van der Waals surface area (Å²) in [6.45, 7) is 23.0. The Bertz CT molecular complexity index is 621. The number of nitrogens with zero attached hydrogens (tertiary/aromatic N) is 1. The van der Waals surface area contributed by atoms with Crippen molar-refractivity contribution in [2.45, 2.75) is 99.3 Å². The molecule has 2 atom stereocenters. The van der Waals surface area contributed by atoms with Crippen LogP contribution >= 0.6 is 0 Å². The third-order valence-corrected chi connectivity index (χ3v) is 6.51. The Morgan fingerprint density at radius 3 is 1.93 bits per heavy atom. The fourth-order valence-electron chi connectivity index (χ4n) is 4.76. The van der Waals surface area contributed by atoms with Crippen LogP contribution in [0.25, 0.3) is 0 Å². The molecule has 0 bridgehead atoms. The van der Waals surface area contributed by atoms with E-state index in [1.54, 1.807) is 0 Å². The molecule has 29 heavy (non-hydrogen) atoms. The van der Waals surface area contributed by atoms with Crippen LogP contribution in [0.4, 0.5) is 0 Å². The highest BCUT2D eigenvalue weighted by Gasteiger charge is 2.62. The second kappa shape index (κ2) is 10.6. The van der Waals surface area contributed by atoms with E-state index in [1.165, 1.54) is 17.5 Å². The lowest BCUT2D eigenvalue weighted by molar-refractivity contribution is -0.139. The quantitative estimate of drug-likeness (QED) is 0.512. The van der Waals surface area contributed by atoms with Gasteiger partial charge in [0.15, 0.2) is 0 Å². The van der Waals surface area contributed by atoms with Crippen molar-refractivity contribution in [3.63, 3.8) is 0 Å². The Morgan fingerprint density at radius 2 is 1.48 bits per heavy atom. The lowest BCUT2D eigenvalue weighted by Gasteiger charge is -2.35. The van der Waals surface area contributed by atoms with Crippen molar-refractivity contribution in [3.05, 3.63) is 35.4 Å². The zero-order valence-electron chi connectivity index (χ0n) is 20.9. The third-order valence-electron chi connectivity index (χ3n) is 6.51. The zero-order chi connectivity index (χ0) is 22.4. The minimum Gasteiger partial charge on any atom is -0.341 e. The van der Waals surface area contributed by atoms with Crippen molar-refractivity contribution >= 4 is 5.91 Å². The van der Waals surface area contributed by atoms with Gasteiger partial charge in [0, 0.05) is 24.4 Å². The zero-order valence-corrected chi connectivity index (χ0v) is 20.9. The smallest absolute Gasteiger partial charge is 0.225 e. The molecule has 1 aromatic rings.